The second kappa shape index (κ2) is 6.50. The topological polar surface area (TPSA) is 45.2 Å². The molecule has 102 valence electrons. The number of halogens is 1. The van der Waals surface area contributed by atoms with E-state index in [1.807, 2.05) is 4.90 Å². The molecule has 2 heterocycles. The average molecular weight is 290 g/mol. The van der Waals surface area contributed by atoms with Gasteiger partial charge in [-0.05, 0) is 6.92 Å². The monoisotopic (exact) mass is 289 g/mol. The Balaban J connectivity index is 0.00000162. The highest BCUT2D eigenvalue weighted by Crippen LogP contribution is 2.22. The Bertz CT molecular complexity index is 408. The Morgan fingerprint density at radius 1 is 1.61 bits per heavy atom. The molecule has 0 bridgehead atoms. The van der Waals surface area contributed by atoms with Gasteiger partial charge in [0.15, 0.2) is 0 Å². The molecule has 0 spiro atoms. The van der Waals surface area contributed by atoms with Gasteiger partial charge in [-0.25, -0.2) is 4.98 Å². The van der Waals surface area contributed by atoms with Crippen molar-refractivity contribution in [1.29, 1.82) is 0 Å². The van der Waals surface area contributed by atoms with E-state index in [0.717, 1.165) is 29.5 Å². The van der Waals surface area contributed by atoms with Gasteiger partial charge >= 0.3 is 0 Å². The van der Waals surface area contributed by atoms with Crippen molar-refractivity contribution in [2.24, 2.45) is 0 Å². The van der Waals surface area contributed by atoms with Gasteiger partial charge in [0.05, 0.1) is 11.2 Å². The summed E-state index contributed by atoms with van der Waals surface area (Å²) in [7, 11) is 0. The standard InChI is InChI=1S/C12H19N3OS.ClH/c1-8(2)11-14-6-10(17-11)12(16)15-5-4-13-9(3)7-15;/h6,8-9,13H,4-5,7H2,1-3H3;1H/t9-;/m1./s1. The molecule has 0 radical (unpaired) electrons. The van der Waals surface area contributed by atoms with Crippen molar-refractivity contribution in [1.82, 2.24) is 15.2 Å². The molecule has 1 aromatic heterocycles. The zero-order valence-electron chi connectivity index (χ0n) is 11.0. The van der Waals surface area contributed by atoms with E-state index in [2.05, 4.69) is 31.1 Å². The zero-order chi connectivity index (χ0) is 12.4. The molecule has 1 saturated heterocycles. The van der Waals surface area contributed by atoms with Gasteiger partial charge in [0.25, 0.3) is 5.91 Å². The number of hydrogen-bond donors (Lipinski definition) is 1. The summed E-state index contributed by atoms with van der Waals surface area (Å²) in [5.74, 6) is 0.520. The molecule has 0 aromatic carbocycles. The van der Waals surface area contributed by atoms with Crippen LogP contribution in [0.4, 0.5) is 0 Å². The first-order valence-corrected chi connectivity index (χ1v) is 6.88. The quantitative estimate of drug-likeness (QED) is 0.907. The highest BCUT2D eigenvalue weighted by atomic mass is 35.5. The maximum Gasteiger partial charge on any atom is 0.265 e. The third-order valence-electron chi connectivity index (χ3n) is 2.88. The van der Waals surface area contributed by atoms with Crippen LogP contribution in [0.5, 0.6) is 0 Å². The van der Waals surface area contributed by atoms with Crippen LogP contribution in [0.25, 0.3) is 0 Å². The van der Waals surface area contributed by atoms with Crippen molar-refractivity contribution in [3.05, 3.63) is 16.1 Å². The van der Waals surface area contributed by atoms with E-state index in [4.69, 9.17) is 0 Å². The third kappa shape index (κ3) is 3.43. The number of carbonyl (C=O) groups is 1. The highest BCUT2D eigenvalue weighted by molar-refractivity contribution is 7.13. The minimum atomic E-state index is 0. The van der Waals surface area contributed by atoms with Gasteiger partial charge in [0.1, 0.15) is 4.88 Å². The van der Waals surface area contributed by atoms with Crippen molar-refractivity contribution in [2.75, 3.05) is 19.6 Å². The molecule has 1 aliphatic rings. The van der Waals surface area contributed by atoms with Gasteiger partial charge in [-0.1, -0.05) is 13.8 Å². The Kier molecular flexibility index (Phi) is 5.56. The van der Waals surface area contributed by atoms with Gasteiger partial charge in [-0.15, -0.1) is 23.7 Å². The minimum Gasteiger partial charge on any atom is -0.335 e. The van der Waals surface area contributed by atoms with Crippen molar-refractivity contribution in [3.63, 3.8) is 0 Å². The Hall–Kier alpha value is -0.650. The fourth-order valence-corrected chi connectivity index (χ4v) is 2.81. The summed E-state index contributed by atoms with van der Waals surface area (Å²) in [5.41, 5.74) is 0. The first-order valence-electron chi connectivity index (χ1n) is 6.06. The molecule has 2 rings (SSSR count). The largest absolute Gasteiger partial charge is 0.335 e. The van der Waals surface area contributed by atoms with E-state index >= 15 is 0 Å². The average Bonchev–Trinajstić information content (AvgIpc) is 2.77. The maximum atomic E-state index is 12.2. The maximum absolute atomic E-state index is 12.2. The number of thiazole rings is 1. The number of amides is 1. The molecule has 1 atom stereocenters. The van der Waals surface area contributed by atoms with Crippen LogP contribution >= 0.6 is 23.7 Å². The molecule has 1 N–H and O–H groups in total. The lowest BCUT2D eigenvalue weighted by molar-refractivity contribution is 0.0714. The summed E-state index contributed by atoms with van der Waals surface area (Å²) >= 11 is 1.52. The molecular weight excluding hydrogens is 270 g/mol. The van der Waals surface area contributed by atoms with Gasteiger partial charge in [0, 0.05) is 31.6 Å². The second-order valence-electron chi connectivity index (χ2n) is 4.82. The van der Waals surface area contributed by atoms with Crippen LogP contribution in [0.3, 0.4) is 0 Å². The number of rotatable bonds is 2. The molecule has 1 amide bonds. The lowest BCUT2D eigenvalue weighted by Gasteiger charge is -2.31. The summed E-state index contributed by atoms with van der Waals surface area (Å²) in [5, 5.41) is 4.37. The first kappa shape index (κ1) is 15.4. The SMILES string of the molecule is CC(C)c1ncc(C(=O)N2CCN[C@H](C)C2)s1.Cl. The number of piperazine rings is 1. The van der Waals surface area contributed by atoms with Crippen LogP contribution in [0.2, 0.25) is 0 Å². The van der Waals surface area contributed by atoms with E-state index in [-0.39, 0.29) is 18.3 Å². The Morgan fingerprint density at radius 2 is 2.33 bits per heavy atom. The molecule has 1 aromatic rings. The molecular formula is C12H20ClN3OS. The number of nitrogens with one attached hydrogen (secondary N) is 1. The highest BCUT2D eigenvalue weighted by Gasteiger charge is 2.23. The molecule has 1 fully saturated rings. The fourth-order valence-electron chi connectivity index (χ4n) is 1.93. The van der Waals surface area contributed by atoms with Gasteiger partial charge in [-0.3, -0.25) is 4.79 Å². The van der Waals surface area contributed by atoms with E-state index in [1.165, 1.54) is 11.3 Å². The minimum absolute atomic E-state index is 0. The zero-order valence-corrected chi connectivity index (χ0v) is 12.6. The molecule has 18 heavy (non-hydrogen) atoms. The molecule has 4 nitrogen and oxygen atoms in total. The normalized spacial score (nSPS) is 19.8. The van der Waals surface area contributed by atoms with Gasteiger partial charge in [-0.2, -0.15) is 0 Å². The van der Waals surface area contributed by atoms with Crippen LogP contribution in [0.15, 0.2) is 6.20 Å². The molecule has 0 saturated carbocycles. The summed E-state index contributed by atoms with van der Waals surface area (Å²) in [6, 6.07) is 0.380. The molecule has 6 heteroatoms. The first-order chi connectivity index (χ1) is 8.08. The summed E-state index contributed by atoms with van der Waals surface area (Å²) in [6.07, 6.45) is 1.72. The van der Waals surface area contributed by atoms with Crippen molar-refractivity contribution >= 4 is 29.7 Å². The van der Waals surface area contributed by atoms with E-state index in [1.54, 1.807) is 6.20 Å². The molecule has 0 aliphatic carbocycles. The Morgan fingerprint density at radius 3 is 2.89 bits per heavy atom. The predicted molar refractivity (Wildman–Crippen MR) is 76.8 cm³/mol. The van der Waals surface area contributed by atoms with Crippen LogP contribution in [0, 0.1) is 0 Å². The van der Waals surface area contributed by atoms with Crippen molar-refractivity contribution < 1.29 is 4.79 Å². The summed E-state index contributed by atoms with van der Waals surface area (Å²) in [6.45, 7) is 8.75. The second-order valence-corrected chi connectivity index (χ2v) is 5.89. The van der Waals surface area contributed by atoms with Crippen LogP contribution < -0.4 is 5.32 Å². The number of hydrogen-bond acceptors (Lipinski definition) is 4. The van der Waals surface area contributed by atoms with Crippen LogP contribution in [-0.4, -0.2) is 41.5 Å². The predicted octanol–water partition coefficient (Wildman–Crippen LogP) is 2.12. The van der Waals surface area contributed by atoms with Gasteiger partial charge in [0.2, 0.25) is 0 Å². The molecule has 0 unspecified atom stereocenters. The van der Waals surface area contributed by atoms with E-state index < -0.39 is 0 Å². The lowest BCUT2D eigenvalue weighted by atomic mass is 10.2. The van der Waals surface area contributed by atoms with Crippen molar-refractivity contribution in [2.45, 2.75) is 32.7 Å². The Labute approximate surface area is 118 Å². The van der Waals surface area contributed by atoms with E-state index in [9.17, 15) is 4.79 Å². The lowest BCUT2D eigenvalue weighted by Crippen LogP contribution is -2.51. The number of aromatic nitrogens is 1. The van der Waals surface area contributed by atoms with Gasteiger partial charge < -0.3 is 10.2 Å². The summed E-state index contributed by atoms with van der Waals surface area (Å²) < 4.78 is 0. The smallest absolute Gasteiger partial charge is 0.265 e. The van der Waals surface area contributed by atoms with Crippen molar-refractivity contribution in [3.8, 4) is 0 Å². The summed E-state index contributed by atoms with van der Waals surface area (Å²) in [4.78, 5) is 19.2. The van der Waals surface area contributed by atoms with Crippen LogP contribution in [0.1, 0.15) is 41.4 Å². The molecule has 1 aliphatic heterocycles. The number of carbonyl (C=O) groups excluding carboxylic acids is 1. The third-order valence-corrected chi connectivity index (χ3v) is 4.17. The van der Waals surface area contributed by atoms with E-state index in [0.29, 0.717) is 12.0 Å². The fraction of sp³-hybridized carbons (Fsp3) is 0.667. The number of nitrogens with zero attached hydrogens (tertiary/aromatic N) is 2. The van der Waals surface area contributed by atoms with Crippen LogP contribution in [-0.2, 0) is 0 Å².